The molecule has 1 aromatic rings. The highest BCUT2D eigenvalue weighted by Crippen LogP contribution is 2.33. The standard InChI is InChI=1S/C10H11BrClNO/c11-8-5-7(1-2-9(8)12)14-6-10(13)3-4-10/h1-2,5H,3-4,6,13H2. The predicted octanol–water partition coefficient (Wildman–Crippen LogP) is 2.97. The Balaban J connectivity index is 1.99. The molecule has 0 bridgehead atoms. The van der Waals surface area contributed by atoms with E-state index in [0.29, 0.717) is 11.6 Å². The van der Waals surface area contributed by atoms with Crippen LogP contribution in [0.3, 0.4) is 0 Å². The first-order chi connectivity index (χ1) is 6.59. The van der Waals surface area contributed by atoms with E-state index in [4.69, 9.17) is 22.1 Å². The van der Waals surface area contributed by atoms with Crippen LogP contribution in [0.15, 0.2) is 22.7 Å². The topological polar surface area (TPSA) is 35.2 Å². The average Bonchev–Trinajstić information content (AvgIpc) is 2.87. The maximum absolute atomic E-state index is 5.90. The van der Waals surface area contributed by atoms with Crippen molar-refractivity contribution in [2.45, 2.75) is 18.4 Å². The molecule has 2 nitrogen and oxygen atoms in total. The van der Waals surface area contributed by atoms with Crippen molar-refractivity contribution in [2.75, 3.05) is 6.61 Å². The summed E-state index contributed by atoms with van der Waals surface area (Å²) >= 11 is 9.19. The van der Waals surface area contributed by atoms with Crippen molar-refractivity contribution in [2.24, 2.45) is 5.73 Å². The lowest BCUT2D eigenvalue weighted by Gasteiger charge is -2.11. The molecule has 0 unspecified atom stereocenters. The van der Waals surface area contributed by atoms with Crippen molar-refractivity contribution in [3.63, 3.8) is 0 Å². The highest BCUT2D eigenvalue weighted by atomic mass is 79.9. The minimum atomic E-state index is -0.0773. The van der Waals surface area contributed by atoms with Crippen molar-refractivity contribution in [1.82, 2.24) is 0 Å². The molecule has 0 amide bonds. The molecule has 1 saturated carbocycles. The van der Waals surface area contributed by atoms with Gasteiger partial charge in [0.1, 0.15) is 12.4 Å². The molecular weight excluding hydrogens is 265 g/mol. The normalized spacial score (nSPS) is 17.9. The van der Waals surface area contributed by atoms with Crippen molar-refractivity contribution in [3.05, 3.63) is 27.7 Å². The van der Waals surface area contributed by atoms with Gasteiger partial charge in [-0.3, -0.25) is 0 Å². The van der Waals surface area contributed by atoms with Crippen molar-refractivity contribution < 1.29 is 4.74 Å². The first kappa shape index (κ1) is 10.3. The maximum atomic E-state index is 5.90. The minimum Gasteiger partial charge on any atom is -0.492 e. The van der Waals surface area contributed by atoms with Gasteiger partial charge in [-0.2, -0.15) is 0 Å². The summed E-state index contributed by atoms with van der Waals surface area (Å²) in [5.74, 6) is 0.804. The Kier molecular flexibility index (Phi) is 2.73. The van der Waals surface area contributed by atoms with Gasteiger partial charge in [0.25, 0.3) is 0 Å². The number of ether oxygens (including phenoxy) is 1. The van der Waals surface area contributed by atoms with Gasteiger partial charge in [-0.05, 0) is 47.0 Å². The average molecular weight is 277 g/mol. The van der Waals surface area contributed by atoms with Crippen LogP contribution in [-0.2, 0) is 0 Å². The van der Waals surface area contributed by atoms with Crippen molar-refractivity contribution in [3.8, 4) is 5.75 Å². The van der Waals surface area contributed by atoms with E-state index in [1.54, 1.807) is 6.07 Å². The number of benzene rings is 1. The predicted molar refractivity (Wildman–Crippen MR) is 60.8 cm³/mol. The molecule has 4 heteroatoms. The molecule has 1 aliphatic carbocycles. The largest absolute Gasteiger partial charge is 0.492 e. The van der Waals surface area contributed by atoms with Crippen LogP contribution in [0.2, 0.25) is 5.02 Å². The van der Waals surface area contributed by atoms with Gasteiger partial charge in [0, 0.05) is 4.47 Å². The molecule has 0 saturated heterocycles. The highest BCUT2D eigenvalue weighted by molar-refractivity contribution is 9.10. The van der Waals surface area contributed by atoms with Crippen molar-refractivity contribution in [1.29, 1.82) is 0 Å². The Morgan fingerprint density at radius 2 is 2.21 bits per heavy atom. The van der Waals surface area contributed by atoms with Gasteiger partial charge in [0.05, 0.1) is 10.6 Å². The third-order valence-electron chi connectivity index (χ3n) is 2.31. The van der Waals surface area contributed by atoms with Gasteiger partial charge in [-0.15, -0.1) is 0 Å². The molecule has 1 aromatic carbocycles. The van der Waals surface area contributed by atoms with Gasteiger partial charge >= 0.3 is 0 Å². The van der Waals surface area contributed by atoms with Crippen LogP contribution in [0.1, 0.15) is 12.8 Å². The van der Waals surface area contributed by atoms with Crippen LogP contribution in [0.4, 0.5) is 0 Å². The van der Waals surface area contributed by atoms with Crippen LogP contribution >= 0.6 is 27.5 Å². The lowest BCUT2D eigenvalue weighted by atomic mass is 10.3. The molecule has 0 radical (unpaired) electrons. The molecule has 0 aromatic heterocycles. The Bertz CT molecular complexity index is 352. The first-order valence-corrected chi connectivity index (χ1v) is 5.63. The molecule has 1 aliphatic rings. The smallest absolute Gasteiger partial charge is 0.120 e. The molecule has 0 aliphatic heterocycles. The quantitative estimate of drug-likeness (QED) is 0.921. The van der Waals surface area contributed by atoms with E-state index >= 15 is 0 Å². The maximum Gasteiger partial charge on any atom is 0.120 e. The number of hydrogen-bond acceptors (Lipinski definition) is 2. The monoisotopic (exact) mass is 275 g/mol. The van der Waals surface area contributed by atoms with E-state index in [0.717, 1.165) is 23.1 Å². The number of hydrogen-bond donors (Lipinski definition) is 1. The van der Waals surface area contributed by atoms with E-state index in [2.05, 4.69) is 15.9 Å². The molecule has 0 heterocycles. The lowest BCUT2D eigenvalue weighted by Crippen LogP contribution is -2.29. The highest BCUT2D eigenvalue weighted by Gasteiger charge is 2.39. The van der Waals surface area contributed by atoms with Gasteiger partial charge in [0.15, 0.2) is 0 Å². The summed E-state index contributed by atoms with van der Waals surface area (Å²) in [7, 11) is 0. The molecule has 1 fully saturated rings. The molecule has 2 rings (SSSR count). The molecular formula is C10H11BrClNO. The second-order valence-electron chi connectivity index (χ2n) is 3.73. The Hall–Kier alpha value is -0.250. The van der Waals surface area contributed by atoms with E-state index < -0.39 is 0 Å². The van der Waals surface area contributed by atoms with Crippen molar-refractivity contribution >= 4 is 27.5 Å². The molecule has 14 heavy (non-hydrogen) atoms. The molecule has 76 valence electrons. The van der Waals surface area contributed by atoms with E-state index in [-0.39, 0.29) is 5.54 Å². The number of nitrogens with two attached hydrogens (primary N) is 1. The van der Waals surface area contributed by atoms with Gasteiger partial charge in [-0.25, -0.2) is 0 Å². The third-order valence-corrected chi connectivity index (χ3v) is 3.52. The van der Waals surface area contributed by atoms with E-state index in [9.17, 15) is 0 Å². The van der Waals surface area contributed by atoms with Gasteiger partial charge in [0.2, 0.25) is 0 Å². The fraction of sp³-hybridized carbons (Fsp3) is 0.400. The van der Waals surface area contributed by atoms with Crippen LogP contribution < -0.4 is 10.5 Å². The zero-order valence-corrected chi connectivity index (χ0v) is 9.94. The van der Waals surface area contributed by atoms with Crippen LogP contribution in [0.25, 0.3) is 0 Å². The third kappa shape index (κ3) is 2.41. The summed E-state index contributed by atoms with van der Waals surface area (Å²) in [5, 5.41) is 0.686. The minimum absolute atomic E-state index is 0.0773. The Morgan fingerprint density at radius 1 is 1.50 bits per heavy atom. The summed E-state index contributed by atoms with van der Waals surface area (Å²) in [4.78, 5) is 0. The fourth-order valence-electron chi connectivity index (χ4n) is 1.10. The molecule has 2 N–H and O–H groups in total. The number of rotatable bonds is 3. The summed E-state index contributed by atoms with van der Waals surface area (Å²) < 4.78 is 6.40. The fourth-order valence-corrected chi connectivity index (χ4v) is 1.57. The zero-order chi connectivity index (χ0) is 10.2. The molecule has 0 spiro atoms. The SMILES string of the molecule is NC1(COc2ccc(Cl)c(Br)c2)CC1. The van der Waals surface area contributed by atoms with E-state index in [1.165, 1.54) is 0 Å². The Morgan fingerprint density at radius 3 is 2.79 bits per heavy atom. The summed E-state index contributed by atoms with van der Waals surface area (Å²) in [5.41, 5.74) is 5.82. The summed E-state index contributed by atoms with van der Waals surface area (Å²) in [6, 6.07) is 5.50. The lowest BCUT2D eigenvalue weighted by molar-refractivity contribution is 0.279. The van der Waals surface area contributed by atoms with Gasteiger partial charge in [-0.1, -0.05) is 11.6 Å². The molecule has 0 atom stereocenters. The summed E-state index contributed by atoms with van der Waals surface area (Å²) in [6.45, 7) is 0.584. The van der Waals surface area contributed by atoms with Crippen LogP contribution in [0.5, 0.6) is 5.75 Å². The van der Waals surface area contributed by atoms with Gasteiger partial charge < -0.3 is 10.5 Å². The second-order valence-corrected chi connectivity index (χ2v) is 4.99. The van der Waals surface area contributed by atoms with E-state index in [1.807, 2.05) is 12.1 Å². The first-order valence-electron chi connectivity index (χ1n) is 4.46. The zero-order valence-electron chi connectivity index (χ0n) is 7.59. The summed E-state index contributed by atoms with van der Waals surface area (Å²) in [6.07, 6.45) is 2.11. The second kappa shape index (κ2) is 3.72. The van der Waals surface area contributed by atoms with Crippen LogP contribution in [0, 0.1) is 0 Å². The number of halogens is 2. The van der Waals surface area contributed by atoms with Crippen LogP contribution in [-0.4, -0.2) is 12.1 Å². The Labute approximate surface area is 96.5 Å².